The van der Waals surface area contributed by atoms with Gasteiger partial charge in [-0.1, -0.05) is 78.0 Å². The minimum Gasteiger partial charge on any atom is -0.500 e. The van der Waals surface area contributed by atoms with Crippen LogP contribution >= 0.6 is 0 Å². The lowest BCUT2D eigenvalue weighted by Crippen LogP contribution is -2.18. The molecule has 1 saturated carbocycles. The Kier molecular flexibility index (Phi) is 20.7. The zero-order valence-corrected chi connectivity index (χ0v) is 27.1. The molecule has 1 unspecified atom stereocenters. The molecule has 0 spiro atoms. The molecule has 0 radical (unpaired) electrons. The molecule has 4 rings (SSSR count). The van der Waals surface area contributed by atoms with Gasteiger partial charge in [-0.05, 0) is 86.1 Å². The molecule has 2 fully saturated rings. The molecule has 1 heterocycles. The summed E-state index contributed by atoms with van der Waals surface area (Å²) in [5, 5.41) is 9.94. The number of amides is 1. The lowest BCUT2D eigenvalue weighted by atomic mass is 9.88. The molecule has 0 bridgehead atoms. The van der Waals surface area contributed by atoms with Crippen molar-refractivity contribution in [3.8, 4) is 0 Å². The van der Waals surface area contributed by atoms with Crippen molar-refractivity contribution in [3.63, 3.8) is 0 Å². The SMILES string of the molecule is C=NC(C)=N/C=C(\C)OC.CC.CC.CC.O=CN1CCC(c2ccc(C3=CCC=CC=C3C3CC3)cc2CO)C1. The summed E-state index contributed by atoms with van der Waals surface area (Å²) < 4.78 is 4.84. The topological polar surface area (TPSA) is 74.5 Å². The van der Waals surface area contributed by atoms with Crippen LogP contribution in [0.5, 0.6) is 0 Å². The van der Waals surface area contributed by atoms with Gasteiger partial charge in [-0.2, -0.15) is 0 Å². The molecule has 228 valence electrons. The Hall–Kier alpha value is -3.25. The molecule has 1 atom stereocenters. The zero-order valence-electron chi connectivity index (χ0n) is 27.1. The lowest BCUT2D eigenvalue weighted by molar-refractivity contribution is -0.117. The van der Waals surface area contributed by atoms with Gasteiger partial charge in [-0.15, -0.1) is 0 Å². The van der Waals surface area contributed by atoms with Crippen molar-refractivity contribution in [2.45, 2.75) is 93.6 Å². The average molecular weight is 566 g/mol. The van der Waals surface area contributed by atoms with E-state index in [1.54, 1.807) is 20.2 Å². The van der Waals surface area contributed by atoms with Crippen LogP contribution < -0.4 is 0 Å². The van der Waals surface area contributed by atoms with Gasteiger partial charge < -0.3 is 14.7 Å². The third kappa shape index (κ3) is 12.9. The van der Waals surface area contributed by atoms with Crippen LogP contribution in [0.15, 0.2) is 70.0 Å². The van der Waals surface area contributed by atoms with Gasteiger partial charge >= 0.3 is 0 Å². The maximum absolute atomic E-state index is 11.0. The Morgan fingerprint density at radius 3 is 2.32 bits per heavy atom. The van der Waals surface area contributed by atoms with Crippen molar-refractivity contribution in [2.75, 3.05) is 20.2 Å². The summed E-state index contributed by atoms with van der Waals surface area (Å²) in [4.78, 5) is 20.3. The Morgan fingerprint density at radius 2 is 1.78 bits per heavy atom. The lowest BCUT2D eigenvalue weighted by Gasteiger charge is -2.18. The molecule has 3 aliphatic rings. The number of hydrogen-bond acceptors (Lipinski definition) is 4. The molecule has 1 aromatic carbocycles. The number of allylic oxidation sites excluding steroid dienone is 7. The molecule has 1 aliphatic heterocycles. The second kappa shape index (κ2) is 22.4. The number of nitrogens with zero attached hydrogens (tertiary/aromatic N) is 3. The highest BCUT2D eigenvalue weighted by molar-refractivity contribution is 5.84. The summed E-state index contributed by atoms with van der Waals surface area (Å²) in [6.07, 6.45) is 16.0. The first-order chi connectivity index (χ1) is 20.0. The van der Waals surface area contributed by atoms with Gasteiger partial charge in [-0.25, -0.2) is 9.98 Å². The number of methoxy groups -OCH3 is 1. The maximum Gasteiger partial charge on any atom is 0.209 e. The highest BCUT2D eigenvalue weighted by Crippen LogP contribution is 2.44. The summed E-state index contributed by atoms with van der Waals surface area (Å²) in [5.74, 6) is 2.42. The number of aliphatic imine (C=N–C) groups is 2. The van der Waals surface area contributed by atoms with Crippen LogP contribution in [-0.2, 0) is 16.1 Å². The molecular weight excluding hydrogens is 510 g/mol. The molecule has 1 saturated heterocycles. The van der Waals surface area contributed by atoms with E-state index in [0.717, 1.165) is 43.7 Å². The Morgan fingerprint density at radius 1 is 1.10 bits per heavy atom. The molecule has 6 nitrogen and oxygen atoms in total. The Balaban J connectivity index is 0.000000847. The Labute approximate surface area is 250 Å². The number of hydrogen-bond donors (Lipinski definition) is 1. The number of ether oxygens (including phenoxy) is 1. The van der Waals surface area contributed by atoms with Crippen LogP contribution in [-0.4, -0.2) is 49.2 Å². The molecular formula is C35H55N3O3. The first-order valence-electron chi connectivity index (χ1n) is 15.2. The fraction of sp³-hybridized carbons (Fsp3) is 0.514. The second-order valence-corrected chi connectivity index (χ2v) is 9.11. The quantitative estimate of drug-likeness (QED) is 0.156. The van der Waals surface area contributed by atoms with E-state index in [9.17, 15) is 9.90 Å². The van der Waals surface area contributed by atoms with Gasteiger partial charge in [0.2, 0.25) is 6.41 Å². The van der Waals surface area contributed by atoms with E-state index in [1.165, 1.54) is 35.1 Å². The van der Waals surface area contributed by atoms with E-state index in [-0.39, 0.29) is 6.61 Å². The van der Waals surface area contributed by atoms with E-state index in [0.29, 0.717) is 17.7 Å². The largest absolute Gasteiger partial charge is 0.500 e. The van der Waals surface area contributed by atoms with Crippen LogP contribution in [0.2, 0.25) is 0 Å². The van der Waals surface area contributed by atoms with E-state index in [4.69, 9.17) is 4.74 Å². The van der Waals surface area contributed by atoms with Crippen LogP contribution in [0, 0.1) is 5.92 Å². The van der Waals surface area contributed by atoms with Crippen molar-refractivity contribution >= 4 is 24.5 Å². The maximum atomic E-state index is 11.0. The third-order valence-electron chi connectivity index (χ3n) is 6.61. The van der Waals surface area contributed by atoms with Crippen molar-refractivity contribution in [1.82, 2.24) is 4.90 Å². The standard InChI is InChI=1S/C22H25NO2.C7H12N2O.3C2H6/c24-14-19-12-17(8-9-20(19)18-10-11-23(13-18)15-25)22-5-3-1-2-4-21(22)16-6-7-16;1-6(10-4)5-9-7(2)8-3;3*1-2/h1-2,4-5,8-9,12,15-16,18,24H,3,6-7,10-11,13-14H2;5H,3H2,1-2,4H3;3*1-2H3/b;6-5+,9-7?;;;. The van der Waals surface area contributed by atoms with Gasteiger partial charge in [-0.3, -0.25) is 4.79 Å². The Bertz CT molecular complexity index is 1060. The number of aliphatic hydroxyl groups excluding tert-OH is 1. The van der Waals surface area contributed by atoms with Gasteiger partial charge in [0.05, 0.1) is 19.9 Å². The van der Waals surface area contributed by atoms with E-state index >= 15 is 0 Å². The molecule has 6 heteroatoms. The minimum absolute atomic E-state index is 0.0504. The van der Waals surface area contributed by atoms with Gasteiger partial charge in [0.1, 0.15) is 11.6 Å². The predicted octanol–water partition coefficient (Wildman–Crippen LogP) is 8.50. The zero-order chi connectivity index (χ0) is 31.2. The van der Waals surface area contributed by atoms with Gasteiger partial charge in [0.25, 0.3) is 0 Å². The second-order valence-electron chi connectivity index (χ2n) is 9.11. The van der Waals surface area contributed by atoms with Crippen molar-refractivity contribution in [1.29, 1.82) is 0 Å². The van der Waals surface area contributed by atoms with Crippen LogP contribution in [0.1, 0.15) is 104 Å². The van der Waals surface area contributed by atoms with Gasteiger partial charge in [0, 0.05) is 19.0 Å². The number of likely N-dealkylation sites (tertiary alicyclic amines) is 1. The smallest absolute Gasteiger partial charge is 0.209 e. The number of aliphatic hydroxyl groups is 1. The number of amidine groups is 1. The molecule has 1 N–H and O–H groups in total. The number of rotatable bonds is 7. The normalized spacial score (nSPS) is 17.8. The number of benzene rings is 1. The first kappa shape index (κ1) is 37.8. The van der Waals surface area contributed by atoms with Crippen molar-refractivity contribution < 1.29 is 14.6 Å². The average Bonchev–Trinajstić information content (AvgIpc) is 3.83. The van der Waals surface area contributed by atoms with E-state index < -0.39 is 0 Å². The summed E-state index contributed by atoms with van der Waals surface area (Å²) >= 11 is 0. The van der Waals surface area contributed by atoms with E-state index in [1.807, 2.05) is 53.4 Å². The summed E-state index contributed by atoms with van der Waals surface area (Å²) in [7, 11) is 1.60. The summed E-state index contributed by atoms with van der Waals surface area (Å²) in [6.45, 7) is 20.5. The van der Waals surface area contributed by atoms with Crippen LogP contribution in [0.25, 0.3) is 5.57 Å². The van der Waals surface area contributed by atoms with Crippen LogP contribution in [0.4, 0.5) is 0 Å². The fourth-order valence-corrected chi connectivity index (χ4v) is 4.40. The highest BCUT2D eigenvalue weighted by Gasteiger charge is 2.29. The fourth-order valence-electron chi connectivity index (χ4n) is 4.40. The summed E-state index contributed by atoms with van der Waals surface area (Å²) in [5.41, 5.74) is 6.18. The molecule has 0 aromatic heterocycles. The monoisotopic (exact) mass is 565 g/mol. The first-order valence-corrected chi connectivity index (χ1v) is 15.2. The third-order valence-corrected chi connectivity index (χ3v) is 6.61. The molecule has 2 aliphatic carbocycles. The van der Waals surface area contributed by atoms with Crippen molar-refractivity contribution in [2.24, 2.45) is 15.9 Å². The molecule has 41 heavy (non-hydrogen) atoms. The summed E-state index contributed by atoms with van der Waals surface area (Å²) in [6, 6.07) is 6.53. The predicted molar refractivity (Wildman–Crippen MR) is 177 cm³/mol. The highest BCUT2D eigenvalue weighted by atomic mass is 16.5. The van der Waals surface area contributed by atoms with Gasteiger partial charge in [0.15, 0.2) is 0 Å². The van der Waals surface area contributed by atoms with Crippen molar-refractivity contribution in [3.05, 3.63) is 76.7 Å². The minimum atomic E-state index is 0.0504. The van der Waals surface area contributed by atoms with E-state index in [2.05, 4.69) is 59.2 Å². The molecule has 1 amide bonds. The van der Waals surface area contributed by atoms with Crippen LogP contribution in [0.3, 0.4) is 0 Å². The number of carbonyl (C=O) groups excluding carboxylic acids is 1. The number of carbonyl (C=O) groups is 1. The molecule has 1 aromatic rings.